The molecule has 0 aliphatic rings. The van der Waals surface area contributed by atoms with Crippen molar-refractivity contribution in [2.45, 2.75) is 84.1 Å². The second-order valence-corrected chi connectivity index (χ2v) is 6.31. The van der Waals surface area contributed by atoms with Gasteiger partial charge in [-0.2, -0.15) is 9.37 Å². The van der Waals surface area contributed by atoms with E-state index in [0.29, 0.717) is 0 Å². The molecular weight excluding hydrogens is 275 g/mol. The van der Waals surface area contributed by atoms with Gasteiger partial charge < -0.3 is 4.57 Å². The lowest BCUT2D eigenvalue weighted by atomic mass is 9.88. The van der Waals surface area contributed by atoms with Gasteiger partial charge in [-0.3, -0.25) is 0 Å². The molecule has 4 heteroatoms. The van der Waals surface area contributed by atoms with Crippen molar-refractivity contribution in [2.75, 3.05) is 0 Å². The van der Waals surface area contributed by atoms with Crippen molar-refractivity contribution in [2.24, 2.45) is 0 Å². The molecule has 0 aromatic carbocycles. The maximum atomic E-state index is 13.3. The zero-order valence-electron chi connectivity index (χ0n) is 13.1. The van der Waals surface area contributed by atoms with Crippen molar-refractivity contribution in [3.63, 3.8) is 0 Å². The molecule has 0 aliphatic heterocycles. The van der Waals surface area contributed by atoms with Crippen LogP contribution in [-0.2, 0) is 5.54 Å². The average molecular weight is 303 g/mol. The number of imidazole rings is 1. The number of aromatic nitrogens is 2. The van der Waals surface area contributed by atoms with Crippen LogP contribution in [0.2, 0.25) is 5.28 Å². The van der Waals surface area contributed by atoms with E-state index >= 15 is 0 Å². The maximum absolute atomic E-state index is 13.3. The lowest BCUT2D eigenvalue weighted by Crippen LogP contribution is -2.30. The Hall–Kier alpha value is -0.570. The van der Waals surface area contributed by atoms with E-state index in [1.807, 2.05) is 4.57 Å². The predicted molar refractivity (Wildman–Crippen MR) is 83.7 cm³/mol. The van der Waals surface area contributed by atoms with Crippen LogP contribution in [0.3, 0.4) is 0 Å². The van der Waals surface area contributed by atoms with E-state index in [9.17, 15) is 4.39 Å². The Bertz CT molecular complexity index is 392. The number of rotatable bonds is 10. The molecule has 1 atom stereocenters. The molecule has 0 aliphatic carbocycles. The van der Waals surface area contributed by atoms with E-state index in [2.05, 4.69) is 25.8 Å². The highest BCUT2D eigenvalue weighted by Gasteiger charge is 2.28. The number of hydrogen-bond donors (Lipinski definition) is 0. The van der Waals surface area contributed by atoms with Gasteiger partial charge in [-0.1, -0.05) is 58.8 Å². The van der Waals surface area contributed by atoms with Gasteiger partial charge in [0.05, 0.1) is 6.20 Å². The van der Waals surface area contributed by atoms with E-state index in [4.69, 9.17) is 11.6 Å². The van der Waals surface area contributed by atoms with Gasteiger partial charge in [-0.05, 0) is 31.4 Å². The summed E-state index contributed by atoms with van der Waals surface area (Å²) in [6, 6.07) is 0. The minimum Gasteiger partial charge on any atom is -0.313 e. The van der Waals surface area contributed by atoms with Crippen LogP contribution >= 0.6 is 11.6 Å². The van der Waals surface area contributed by atoms with Crippen LogP contribution < -0.4 is 0 Å². The molecule has 0 spiro atoms. The minimum atomic E-state index is -0.483. The SMILES string of the molecule is CCCCCCCC(C)(CCCC)n1cc(F)nc1Cl. The Morgan fingerprint density at radius 1 is 1.10 bits per heavy atom. The van der Waals surface area contributed by atoms with E-state index < -0.39 is 5.95 Å². The molecule has 1 heterocycles. The van der Waals surface area contributed by atoms with Crippen LogP contribution in [0.25, 0.3) is 0 Å². The average Bonchev–Trinajstić information content (AvgIpc) is 2.76. The first-order chi connectivity index (χ1) is 9.53. The van der Waals surface area contributed by atoms with Gasteiger partial charge in [0.25, 0.3) is 0 Å². The van der Waals surface area contributed by atoms with E-state index in [1.165, 1.54) is 31.9 Å². The van der Waals surface area contributed by atoms with E-state index in [1.54, 1.807) is 0 Å². The van der Waals surface area contributed by atoms with Crippen molar-refractivity contribution < 1.29 is 4.39 Å². The Kier molecular flexibility index (Phi) is 7.57. The zero-order valence-corrected chi connectivity index (χ0v) is 13.8. The van der Waals surface area contributed by atoms with Gasteiger partial charge in [0.1, 0.15) is 0 Å². The smallest absolute Gasteiger partial charge is 0.232 e. The number of halogens is 2. The summed E-state index contributed by atoms with van der Waals surface area (Å²) in [7, 11) is 0. The monoisotopic (exact) mass is 302 g/mol. The van der Waals surface area contributed by atoms with Crippen molar-refractivity contribution in [3.05, 3.63) is 17.4 Å². The predicted octanol–water partition coefficient (Wildman–Crippen LogP) is 5.94. The highest BCUT2D eigenvalue weighted by molar-refractivity contribution is 6.28. The molecular formula is C16H28ClFN2. The van der Waals surface area contributed by atoms with Gasteiger partial charge in [-0.15, -0.1) is 0 Å². The zero-order chi connectivity index (χ0) is 15.0. The van der Waals surface area contributed by atoms with Crippen LogP contribution in [-0.4, -0.2) is 9.55 Å². The van der Waals surface area contributed by atoms with Crippen LogP contribution in [0.4, 0.5) is 4.39 Å². The van der Waals surface area contributed by atoms with Crippen LogP contribution in [0.15, 0.2) is 6.20 Å². The third-order valence-electron chi connectivity index (χ3n) is 4.10. The topological polar surface area (TPSA) is 17.8 Å². The summed E-state index contributed by atoms with van der Waals surface area (Å²) >= 11 is 6.08. The molecule has 20 heavy (non-hydrogen) atoms. The van der Waals surface area contributed by atoms with Gasteiger partial charge in [0, 0.05) is 5.54 Å². The van der Waals surface area contributed by atoms with Crippen LogP contribution in [0.5, 0.6) is 0 Å². The summed E-state index contributed by atoms with van der Waals surface area (Å²) in [6.07, 6.45) is 12.0. The van der Waals surface area contributed by atoms with Gasteiger partial charge in [-0.25, -0.2) is 0 Å². The molecule has 1 aromatic rings. The summed E-state index contributed by atoms with van der Waals surface area (Å²) < 4.78 is 15.1. The fraction of sp³-hybridized carbons (Fsp3) is 0.812. The first-order valence-corrected chi connectivity index (χ1v) is 8.32. The normalized spacial score (nSPS) is 14.4. The fourth-order valence-corrected chi connectivity index (χ4v) is 3.08. The maximum Gasteiger partial charge on any atom is 0.232 e. The van der Waals surface area contributed by atoms with Crippen LogP contribution in [0.1, 0.15) is 78.6 Å². The molecule has 0 radical (unpaired) electrons. The van der Waals surface area contributed by atoms with Gasteiger partial charge >= 0.3 is 0 Å². The second kappa shape index (κ2) is 8.66. The Morgan fingerprint density at radius 3 is 2.25 bits per heavy atom. The molecule has 0 saturated carbocycles. The molecule has 0 amide bonds. The standard InChI is InChI=1S/C16H28ClFN2/c1-4-6-8-9-10-12-16(3,11-7-5-2)20-13-14(18)19-15(20)17/h13H,4-12H2,1-3H3. The Labute approximate surface area is 127 Å². The first kappa shape index (κ1) is 17.5. The largest absolute Gasteiger partial charge is 0.313 e. The van der Waals surface area contributed by atoms with Gasteiger partial charge in [0.2, 0.25) is 11.2 Å². The molecule has 0 N–H and O–H groups in total. The Balaban J connectivity index is 2.68. The Morgan fingerprint density at radius 2 is 1.70 bits per heavy atom. The molecule has 0 saturated heterocycles. The summed E-state index contributed by atoms with van der Waals surface area (Å²) in [6.45, 7) is 6.58. The van der Waals surface area contributed by atoms with Gasteiger partial charge in [0.15, 0.2) is 0 Å². The lowest BCUT2D eigenvalue weighted by molar-refractivity contribution is 0.252. The third-order valence-corrected chi connectivity index (χ3v) is 4.37. The van der Waals surface area contributed by atoms with Crippen molar-refractivity contribution in [1.29, 1.82) is 0 Å². The molecule has 2 nitrogen and oxygen atoms in total. The third kappa shape index (κ3) is 5.08. The molecule has 0 bridgehead atoms. The van der Waals surface area contributed by atoms with Crippen molar-refractivity contribution in [1.82, 2.24) is 9.55 Å². The van der Waals surface area contributed by atoms with Crippen LogP contribution in [0, 0.1) is 5.95 Å². The summed E-state index contributed by atoms with van der Waals surface area (Å²) in [4.78, 5) is 3.70. The molecule has 116 valence electrons. The number of unbranched alkanes of at least 4 members (excludes halogenated alkanes) is 5. The molecule has 1 unspecified atom stereocenters. The highest BCUT2D eigenvalue weighted by Crippen LogP contribution is 2.32. The second-order valence-electron chi connectivity index (χ2n) is 5.97. The van der Waals surface area contributed by atoms with Crippen molar-refractivity contribution >= 4 is 11.6 Å². The number of nitrogens with zero attached hydrogens (tertiary/aromatic N) is 2. The summed E-state index contributed by atoms with van der Waals surface area (Å²) in [5.41, 5.74) is -0.114. The summed E-state index contributed by atoms with van der Waals surface area (Å²) in [5.74, 6) is -0.483. The van der Waals surface area contributed by atoms with E-state index in [-0.39, 0.29) is 10.8 Å². The fourth-order valence-electron chi connectivity index (χ4n) is 2.74. The molecule has 0 fully saturated rings. The highest BCUT2D eigenvalue weighted by atomic mass is 35.5. The lowest BCUT2D eigenvalue weighted by Gasteiger charge is -2.32. The minimum absolute atomic E-state index is 0.114. The molecule has 1 rings (SSSR count). The quantitative estimate of drug-likeness (QED) is 0.489. The number of hydrogen-bond acceptors (Lipinski definition) is 1. The first-order valence-electron chi connectivity index (χ1n) is 7.94. The summed E-state index contributed by atoms with van der Waals surface area (Å²) in [5, 5.41) is 0.273. The van der Waals surface area contributed by atoms with E-state index in [0.717, 1.165) is 32.1 Å². The molecule has 1 aromatic heterocycles. The van der Waals surface area contributed by atoms with Crippen molar-refractivity contribution in [3.8, 4) is 0 Å².